The van der Waals surface area contributed by atoms with Crippen LogP contribution in [-0.4, -0.2) is 28.2 Å². The smallest absolute Gasteiger partial charge is 0.290 e. The summed E-state index contributed by atoms with van der Waals surface area (Å²) in [6, 6.07) is 1.55. The molecule has 1 N–H and O–H groups in total. The molecule has 0 radical (unpaired) electrons. The van der Waals surface area contributed by atoms with Gasteiger partial charge < -0.3 is 10.0 Å². The average molecular weight is 335 g/mol. The molecular formula is C18H25NO3S. The van der Waals surface area contributed by atoms with E-state index in [1.165, 1.54) is 11.3 Å². The number of carbonyl (C=O) groups excluding carboxylic acids is 2. The van der Waals surface area contributed by atoms with Gasteiger partial charge in [0.2, 0.25) is 0 Å². The molecule has 0 fully saturated rings. The highest BCUT2D eigenvalue weighted by Crippen LogP contribution is 2.42. The zero-order valence-electron chi connectivity index (χ0n) is 14.3. The molecule has 1 aliphatic rings. The Morgan fingerprint density at radius 2 is 2.09 bits per heavy atom. The van der Waals surface area contributed by atoms with Gasteiger partial charge in [-0.2, -0.15) is 0 Å². The van der Waals surface area contributed by atoms with E-state index in [2.05, 4.69) is 6.92 Å². The molecule has 5 heteroatoms. The normalized spacial score (nSPS) is 18.4. The first-order valence-corrected chi connectivity index (χ1v) is 9.10. The third-order valence-corrected chi connectivity index (χ3v) is 5.32. The van der Waals surface area contributed by atoms with Crippen molar-refractivity contribution in [2.24, 2.45) is 5.92 Å². The maximum Gasteiger partial charge on any atom is 0.290 e. The minimum Gasteiger partial charge on any atom is -0.503 e. The summed E-state index contributed by atoms with van der Waals surface area (Å²) >= 11 is 1.54. The van der Waals surface area contributed by atoms with E-state index in [1.807, 2.05) is 18.4 Å². The molecule has 0 spiro atoms. The van der Waals surface area contributed by atoms with Crippen LogP contribution < -0.4 is 0 Å². The lowest BCUT2D eigenvalue weighted by molar-refractivity contribution is -0.129. The lowest BCUT2D eigenvalue weighted by atomic mass is 9.93. The fourth-order valence-corrected chi connectivity index (χ4v) is 3.96. The van der Waals surface area contributed by atoms with Crippen molar-refractivity contribution in [1.29, 1.82) is 0 Å². The number of unbranched alkanes of at least 4 members (excludes halogenated alkanes) is 2. The monoisotopic (exact) mass is 335 g/mol. The van der Waals surface area contributed by atoms with Gasteiger partial charge in [0, 0.05) is 17.3 Å². The van der Waals surface area contributed by atoms with Crippen molar-refractivity contribution in [3.8, 4) is 0 Å². The summed E-state index contributed by atoms with van der Waals surface area (Å²) in [6.07, 6.45) is 2.95. The van der Waals surface area contributed by atoms with Crippen LogP contribution in [0.5, 0.6) is 0 Å². The fraction of sp³-hybridized carbons (Fsp3) is 0.556. The van der Waals surface area contributed by atoms with Crippen molar-refractivity contribution in [2.45, 2.75) is 53.0 Å². The molecule has 0 saturated heterocycles. The van der Waals surface area contributed by atoms with Crippen LogP contribution in [0.1, 0.15) is 56.5 Å². The Morgan fingerprint density at radius 3 is 2.61 bits per heavy atom. The van der Waals surface area contributed by atoms with E-state index < -0.39 is 11.9 Å². The molecule has 1 aliphatic heterocycles. The Bertz CT molecular complexity index is 630. The molecule has 1 aromatic rings. The third-order valence-electron chi connectivity index (χ3n) is 4.25. The van der Waals surface area contributed by atoms with Crippen LogP contribution >= 0.6 is 11.3 Å². The molecular weight excluding hydrogens is 310 g/mol. The van der Waals surface area contributed by atoms with Gasteiger partial charge in [-0.15, -0.1) is 11.3 Å². The van der Waals surface area contributed by atoms with Crippen molar-refractivity contribution in [2.75, 3.05) is 6.54 Å². The molecule has 2 rings (SSSR count). The molecule has 1 amide bonds. The topological polar surface area (TPSA) is 57.6 Å². The van der Waals surface area contributed by atoms with Gasteiger partial charge in [0.15, 0.2) is 11.5 Å². The zero-order valence-corrected chi connectivity index (χ0v) is 15.1. The van der Waals surface area contributed by atoms with E-state index in [0.717, 1.165) is 29.7 Å². The van der Waals surface area contributed by atoms with Crippen LogP contribution in [0.15, 0.2) is 22.8 Å². The van der Waals surface area contributed by atoms with E-state index in [1.54, 1.807) is 18.7 Å². The summed E-state index contributed by atoms with van der Waals surface area (Å²) in [5.41, 5.74) is 1.32. The lowest BCUT2D eigenvalue weighted by Gasteiger charge is -2.26. The molecule has 0 aromatic carbocycles. The van der Waals surface area contributed by atoms with Crippen LogP contribution in [0.4, 0.5) is 0 Å². The van der Waals surface area contributed by atoms with Crippen LogP contribution in [0.2, 0.25) is 0 Å². The highest BCUT2D eigenvalue weighted by atomic mass is 32.1. The largest absolute Gasteiger partial charge is 0.503 e. The van der Waals surface area contributed by atoms with Gasteiger partial charge in [0.05, 0.1) is 11.6 Å². The molecule has 1 unspecified atom stereocenters. The van der Waals surface area contributed by atoms with Crippen molar-refractivity contribution in [3.05, 3.63) is 33.2 Å². The SMILES string of the molecule is CCCCCN1C(=O)C(O)=C(C(=O)C(C)C)C1c1sccc1C. The van der Waals surface area contributed by atoms with Crippen molar-refractivity contribution in [1.82, 2.24) is 4.90 Å². The number of amides is 1. The average Bonchev–Trinajstić information content (AvgIpc) is 3.02. The molecule has 0 saturated carbocycles. The van der Waals surface area contributed by atoms with Crippen molar-refractivity contribution < 1.29 is 14.7 Å². The number of aliphatic hydroxyl groups excluding tert-OH is 1. The number of aliphatic hydroxyl groups is 1. The summed E-state index contributed by atoms with van der Waals surface area (Å²) in [7, 11) is 0. The van der Waals surface area contributed by atoms with Gasteiger partial charge in [-0.05, 0) is 30.4 Å². The first kappa shape index (κ1) is 17.7. The second-order valence-corrected chi connectivity index (χ2v) is 7.30. The van der Waals surface area contributed by atoms with E-state index in [4.69, 9.17) is 0 Å². The molecule has 4 nitrogen and oxygen atoms in total. The summed E-state index contributed by atoms with van der Waals surface area (Å²) in [5.74, 6) is -1.18. The van der Waals surface area contributed by atoms with Gasteiger partial charge in [-0.1, -0.05) is 33.6 Å². The quantitative estimate of drug-likeness (QED) is 0.761. The number of nitrogens with zero attached hydrogens (tertiary/aromatic N) is 1. The lowest BCUT2D eigenvalue weighted by Crippen LogP contribution is -2.32. The number of aryl methyl sites for hydroxylation is 1. The highest BCUT2D eigenvalue weighted by Gasteiger charge is 2.44. The Kier molecular flexibility index (Phi) is 5.63. The summed E-state index contributed by atoms with van der Waals surface area (Å²) in [5, 5.41) is 12.3. The molecule has 126 valence electrons. The molecule has 2 heterocycles. The first-order valence-electron chi connectivity index (χ1n) is 8.22. The number of rotatable bonds is 7. The molecule has 23 heavy (non-hydrogen) atoms. The second kappa shape index (κ2) is 7.30. The van der Waals surface area contributed by atoms with E-state index in [-0.39, 0.29) is 23.0 Å². The number of ketones is 1. The second-order valence-electron chi connectivity index (χ2n) is 6.36. The van der Waals surface area contributed by atoms with Crippen molar-refractivity contribution >= 4 is 23.0 Å². The molecule has 1 atom stereocenters. The van der Waals surface area contributed by atoms with Crippen LogP contribution in [-0.2, 0) is 9.59 Å². The summed E-state index contributed by atoms with van der Waals surface area (Å²) in [6.45, 7) is 8.24. The Morgan fingerprint density at radius 1 is 1.39 bits per heavy atom. The van der Waals surface area contributed by atoms with Crippen LogP contribution in [0.3, 0.4) is 0 Å². The number of carbonyl (C=O) groups is 2. The van der Waals surface area contributed by atoms with E-state index >= 15 is 0 Å². The fourth-order valence-electron chi connectivity index (χ4n) is 2.92. The predicted molar refractivity (Wildman–Crippen MR) is 92.5 cm³/mol. The van der Waals surface area contributed by atoms with Crippen LogP contribution in [0.25, 0.3) is 0 Å². The molecule has 0 aliphatic carbocycles. The zero-order chi connectivity index (χ0) is 17.1. The van der Waals surface area contributed by atoms with E-state index in [9.17, 15) is 14.7 Å². The maximum atomic E-state index is 12.6. The summed E-state index contributed by atoms with van der Waals surface area (Å²) in [4.78, 5) is 27.8. The minimum atomic E-state index is -0.436. The number of hydrogen-bond acceptors (Lipinski definition) is 4. The van der Waals surface area contributed by atoms with Crippen molar-refractivity contribution in [3.63, 3.8) is 0 Å². The minimum absolute atomic E-state index is 0.147. The molecule has 0 bridgehead atoms. The van der Waals surface area contributed by atoms with Gasteiger partial charge >= 0.3 is 0 Å². The van der Waals surface area contributed by atoms with Gasteiger partial charge in [0.25, 0.3) is 5.91 Å². The standard InChI is InChI=1S/C18H25NO3S/c1-5-6-7-9-19-14(17-12(4)8-10-23-17)13(15(20)11(2)3)16(21)18(19)22/h8,10-11,14,21H,5-7,9H2,1-4H3. The highest BCUT2D eigenvalue weighted by molar-refractivity contribution is 7.10. The van der Waals surface area contributed by atoms with Gasteiger partial charge in [0.1, 0.15) is 0 Å². The number of hydrogen-bond donors (Lipinski definition) is 1. The maximum absolute atomic E-state index is 12.6. The van der Waals surface area contributed by atoms with E-state index in [0.29, 0.717) is 6.54 Å². The Labute approximate surface area is 141 Å². The number of Topliss-reactive ketones (excluding diaryl/α,β-unsaturated/α-hetero) is 1. The Hall–Kier alpha value is -1.62. The first-order chi connectivity index (χ1) is 10.9. The van der Waals surface area contributed by atoms with Gasteiger partial charge in [-0.25, -0.2) is 0 Å². The van der Waals surface area contributed by atoms with Crippen LogP contribution in [0, 0.1) is 12.8 Å². The summed E-state index contributed by atoms with van der Waals surface area (Å²) < 4.78 is 0. The number of thiophene rings is 1. The Balaban J connectivity index is 2.44. The van der Waals surface area contributed by atoms with Gasteiger partial charge in [-0.3, -0.25) is 9.59 Å². The predicted octanol–water partition coefficient (Wildman–Crippen LogP) is 4.17. The third kappa shape index (κ3) is 3.34. The molecule has 1 aromatic heterocycles.